The molecule has 10 heterocycles. The first-order valence-corrected chi connectivity index (χ1v) is 46.0. The van der Waals surface area contributed by atoms with Crippen molar-refractivity contribution in [3.63, 3.8) is 0 Å². The first-order valence-electron chi connectivity index (χ1n) is 42.0. The molecule has 124 heavy (non-hydrogen) atoms. The lowest BCUT2D eigenvalue weighted by Gasteiger charge is -2.35. The minimum absolute atomic E-state index is 0.709. The zero-order valence-electron chi connectivity index (χ0n) is 66.7. The van der Waals surface area contributed by atoms with E-state index in [1.54, 1.807) is 0 Å². The normalized spacial score (nSPS) is 12.4. The standard InChI is InChI=1S/C109H70N12OSi2/c1-6-30-75(31-7-1)123(76-32-8-2-9-33-76,77-34-10-3-11-35-77)80-58-54-71(55-59-80)74-66-103(119-96-50-26-23-47-93(96)116-92-46-22-19-43-87(92)110-107(116)119)113-104(67-74)120-97-51-27-24-48-94(97)117-99-64-72(56-61-88(99)111-108(117)120)73-57-62-89-100(65-73)118-95-49-25-28-52-98(95)121(109(118)112-89)106-70-82(69-105(114-106)115-90-44-20-16-40-83(90)84-41-17-21-45-91(84)115)124(78-36-12-4-13-37-78,79-38-14-5-15-39-79)81-60-63-102-86(68-81)85-42-18-29-53-101(85)122-102/h1-70H. The minimum Gasteiger partial charge on any atom is -0.456 e. The lowest BCUT2D eigenvalue weighted by atomic mass is 10.0. The van der Waals surface area contributed by atoms with Crippen LogP contribution in [0, 0.1) is 0 Å². The van der Waals surface area contributed by atoms with Crippen LogP contribution in [0.25, 0.3) is 173 Å². The first-order chi connectivity index (χ1) is 61.5. The zero-order chi connectivity index (χ0) is 81.3. The maximum Gasteiger partial charge on any atom is 0.221 e. The van der Waals surface area contributed by atoms with Gasteiger partial charge < -0.3 is 4.42 Å². The van der Waals surface area contributed by atoms with Gasteiger partial charge in [-0.3, -0.25) is 31.5 Å². The number of hydrogen-bond acceptors (Lipinski definition) is 6. The van der Waals surface area contributed by atoms with Crippen LogP contribution in [0.2, 0.25) is 0 Å². The molecule has 13 nitrogen and oxygen atoms in total. The van der Waals surface area contributed by atoms with Crippen LogP contribution in [-0.4, -0.2) is 72.5 Å². The summed E-state index contributed by atoms with van der Waals surface area (Å²) in [7, 11) is -6.28. The third-order valence-electron chi connectivity index (χ3n) is 25.9. The third kappa shape index (κ3) is 10.2. The van der Waals surface area contributed by atoms with Crippen LogP contribution in [0.5, 0.6) is 0 Å². The molecule has 0 atom stereocenters. The highest BCUT2D eigenvalue weighted by atomic mass is 28.3. The van der Waals surface area contributed by atoms with Crippen molar-refractivity contribution in [2.75, 3.05) is 0 Å². The van der Waals surface area contributed by atoms with E-state index in [9.17, 15) is 0 Å². The number of furan rings is 1. The van der Waals surface area contributed by atoms with Gasteiger partial charge in [-0.2, -0.15) is 0 Å². The summed E-state index contributed by atoms with van der Waals surface area (Å²) in [5.74, 6) is 5.22. The molecule has 0 saturated heterocycles. The molecule has 0 bridgehead atoms. The van der Waals surface area contributed by atoms with Crippen molar-refractivity contribution >= 4 is 185 Å². The van der Waals surface area contributed by atoms with Gasteiger partial charge in [-0.15, -0.1) is 0 Å². The van der Waals surface area contributed by atoms with E-state index < -0.39 is 16.1 Å². The summed E-state index contributed by atoms with van der Waals surface area (Å²) in [6.45, 7) is 0. The Balaban J connectivity index is 0.659. The molecule has 0 aliphatic carbocycles. The Morgan fingerprint density at radius 1 is 0.177 bits per heavy atom. The monoisotopic (exact) mass is 1620 g/mol. The van der Waals surface area contributed by atoms with Crippen LogP contribution < -0.4 is 41.5 Å². The maximum atomic E-state index is 6.61. The van der Waals surface area contributed by atoms with Gasteiger partial charge >= 0.3 is 0 Å². The lowest BCUT2D eigenvalue weighted by molar-refractivity contribution is 0.669. The van der Waals surface area contributed by atoms with Gasteiger partial charge in [0.2, 0.25) is 17.3 Å². The molecular weight excluding hydrogens is 1550 g/mol. The molecule has 0 amide bonds. The van der Waals surface area contributed by atoms with E-state index in [2.05, 4.69) is 450 Å². The Morgan fingerprint density at radius 3 is 0.960 bits per heavy atom. The van der Waals surface area contributed by atoms with Crippen LogP contribution in [0.4, 0.5) is 0 Å². The zero-order valence-corrected chi connectivity index (χ0v) is 68.7. The summed E-state index contributed by atoms with van der Waals surface area (Å²) in [6.07, 6.45) is 0. The summed E-state index contributed by atoms with van der Waals surface area (Å²) >= 11 is 0. The number of fused-ring (bicyclic) bond motifs is 21. The van der Waals surface area contributed by atoms with Crippen molar-refractivity contribution in [2.24, 2.45) is 0 Å². The highest BCUT2D eigenvalue weighted by Gasteiger charge is 2.44. The molecule has 0 fully saturated rings. The Hall–Kier alpha value is -16.3. The SMILES string of the molecule is c1ccc([Si](c2ccccc2)(c2ccccc2)c2ccc(-c3cc(-n4c5ccccc5n5c6ccccc6nc45)nc(-n4c5ccccc5n5c6cc(-c7ccc8nc9n(-c%10cc([Si](c%11ccccc%11)(c%11ccccc%11)c%11ccc%12oc%13ccccc%13c%12c%11)cc(-n%11c%12ccccc%12c%12ccccc%12%11)n%10)c%10ccccc%10n9c8c7)ccc6nc45)c3)cc2)cc1. The lowest BCUT2D eigenvalue weighted by Crippen LogP contribution is -2.74. The quantitative estimate of drug-likeness (QED) is 0.0792. The highest BCUT2D eigenvalue weighted by Crippen LogP contribution is 2.40. The number of aromatic nitrogens is 12. The van der Waals surface area contributed by atoms with Crippen molar-refractivity contribution in [3.05, 3.63) is 425 Å². The molecule has 0 aliphatic rings. The molecule has 0 radical (unpaired) electrons. The molecule has 580 valence electrons. The molecule has 26 aromatic rings. The third-order valence-corrected chi connectivity index (χ3v) is 35.4. The first kappa shape index (κ1) is 69.6. The van der Waals surface area contributed by atoms with E-state index in [-0.39, 0.29) is 0 Å². The number of benzene rings is 16. The molecule has 15 heteroatoms. The summed E-state index contributed by atoms with van der Waals surface area (Å²) in [4.78, 5) is 28.6. The second-order valence-corrected chi connectivity index (χ2v) is 40.0. The molecule has 0 spiro atoms. The van der Waals surface area contributed by atoms with E-state index in [0.717, 1.165) is 172 Å². The van der Waals surface area contributed by atoms with Gasteiger partial charge in [-0.25, -0.2) is 24.9 Å². The van der Waals surface area contributed by atoms with E-state index in [1.807, 2.05) is 6.07 Å². The number of imidazole rings is 6. The van der Waals surface area contributed by atoms with Crippen LogP contribution in [0.1, 0.15) is 0 Å². The largest absolute Gasteiger partial charge is 0.456 e. The number of pyridine rings is 2. The maximum absolute atomic E-state index is 6.61. The summed E-state index contributed by atoms with van der Waals surface area (Å²) in [6, 6.07) is 155. The topological polar surface area (TPSA) is 111 Å². The van der Waals surface area contributed by atoms with Gasteiger partial charge in [0.1, 0.15) is 34.4 Å². The molecule has 0 aliphatic heterocycles. The fraction of sp³-hybridized carbons (Fsp3) is 0. The fourth-order valence-electron chi connectivity index (χ4n) is 20.5. The second-order valence-electron chi connectivity index (χ2n) is 32.3. The predicted molar refractivity (Wildman–Crippen MR) is 511 cm³/mol. The van der Waals surface area contributed by atoms with Crippen LogP contribution in [-0.2, 0) is 0 Å². The average molecular weight is 1620 g/mol. The van der Waals surface area contributed by atoms with Crippen LogP contribution in [0.3, 0.4) is 0 Å². The molecule has 0 N–H and O–H groups in total. The summed E-state index contributed by atoms with van der Waals surface area (Å²) in [5, 5.41) is 14.5. The summed E-state index contributed by atoms with van der Waals surface area (Å²) in [5.41, 5.74) is 19.4. The smallest absolute Gasteiger partial charge is 0.221 e. The molecule has 16 aromatic carbocycles. The second kappa shape index (κ2) is 27.1. The van der Waals surface area contributed by atoms with E-state index in [4.69, 9.17) is 29.3 Å². The Bertz CT molecular complexity index is 8640. The fourth-order valence-corrected chi connectivity index (χ4v) is 30.0. The van der Waals surface area contributed by atoms with Gasteiger partial charge in [0.05, 0.1) is 77.2 Å². The Labute approximate surface area is 711 Å². The summed E-state index contributed by atoms with van der Waals surface area (Å²) < 4.78 is 22.7. The van der Waals surface area contributed by atoms with Gasteiger partial charge in [0.25, 0.3) is 0 Å². The Morgan fingerprint density at radius 2 is 0.500 bits per heavy atom. The van der Waals surface area contributed by atoms with Crippen LogP contribution >= 0.6 is 0 Å². The number of para-hydroxylation sites is 11. The van der Waals surface area contributed by atoms with Crippen molar-refractivity contribution in [1.29, 1.82) is 0 Å². The molecule has 0 saturated carbocycles. The highest BCUT2D eigenvalue weighted by molar-refractivity contribution is 7.20. The van der Waals surface area contributed by atoms with Crippen molar-refractivity contribution in [1.82, 2.24) is 56.4 Å². The van der Waals surface area contributed by atoms with Crippen molar-refractivity contribution < 1.29 is 4.42 Å². The van der Waals surface area contributed by atoms with Gasteiger partial charge in [0, 0.05) is 21.5 Å². The molecule has 10 aromatic heterocycles. The average Bonchev–Trinajstić information content (AvgIpc) is 1.42. The molecule has 0 unspecified atom stereocenters. The van der Waals surface area contributed by atoms with E-state index in [1.165, 1.54) is 36.3 Å². The number of nitrogens with zero attached hydrogens (tertiary/aromatic N) is 12. The van der Waals surface area contributed by atoms with Gasteiger partial charge in [0.15, 0.2) is 16.1 Å². The predicted octanol–water partition coefficient (Wildman–Crippen LogP) is 19.8. The number of rotatable bonds is 14. The minimum atomic E-state index is -3.41. The van der Waals surface area contributed by atoms with Crippen molar-refractivity contribution in [2.45, 2.75) is 0 Å². The van der Waals surface area contributed by atoms with E-state index >= 15 is 0 Å². The molecular formula is C109H70N12OSi2. The van der Waals surface area contributed by atoms with Crippen molar-refractivity contribution in [3.8, 4) is 45.5 Å². The van der Waals surface area contributed by atoms with Gasteiger partial charge in [-0.1, -0.05) is 303 Å². The number of hydrogen-bond donors (Lipinski definition) is 0. The van der Waals surface area contributed by atoms with Gasteiger partial charge in [-0.05, 0) is 185 Å². The van der Waals surface area contributed by atoms with Crippen LogP contribution in [0.15, 0.2) is 429 Å². The Kier molecular flexibility index (Phi) is 15.2. The van der Waals surface area contributed by atoms with E-state index in [0.29, 0.717) is 5.82 Å². The molecule has 26 rings (SSSR count).